The first kappa shape index (κ1) is 19.1. The molecule has 0 bridgehead atoms. The van der Waals surface area contributed by atoms with Crippen LogP contribution in [-0.4, -0.2) is 33.8 Å². The zero-order valence-corrected chi connectivity index (χ0v) is 15.1. The lowest BCUT2D eigenvalue weighted by Crippen LogP contribution is -2.20. The van der Waals surface area contributed by atoms with Crippen molar-refractivity contribution in [1.82, 2.24) is 20.3 Å². The number of carbonyl (C=O) groups is 1. The molecule has 25 heavy (non-hydrogen) atoms. The van der Waals surface area contributed by atoms with Gasteiger partial charge in [-0.2, -0.15) is 0 Å². The number of nitrogens with zero attached hydrogens (tertiary/aromatic N) is 2. The molecule has 0 atom stereocenters. The Labute approximate surface area is 148 Å². The molecule has 0 saturated heterocycles. The highest BCUT2D eigenvalue weighted by atomic mass is 16.5. The molecule has 0 saturated carbocycles. The lowest BCUT2D eigenvalue weighted by molar-refractivity contribution is -0.124. The first-order chi connectivity index (χ1) is 12.2. The number of benzene rings is 1. The zero-order valence-electron chi connectivity index (χ0n) is 15.1. The van der Waals surface area contributed by atoms with Crippen LogP contribution in [0.2, 0.25) is 0 Å². The number of nitrogens with one attached hydrogen (secondary N) is 2. The van der Waals surface area contributed by atoms with Crippen molar-refractivity contribution in [3.63, 3.8) is 0 Å². The molecule has 136 valence electrons. The van der Waals surface area contributed by atoms with Crippen LogP contribution in [0, 0.1) is 0 Å². The Hall–Kier alpha value is -2.18. The number of hydrogen-bond donors (Lipinski definition) is 3. The average molecular weight is 344 g/mol. The molecule has 0 unspecified atom stereocenters. The molecule has 0 aliphatic rings. The largest absolute Gasteiger partial charge is 0.327 e. The fourth-order valence-electron chi connectivity index (χ4n) is 2.85. The summed E-state index contributed by atoms with van der Waals surface area (Å²) in [5.74, 6) is 0.576. The molecule has 2 aromatic rings. The van der Waals surface area contributed by atoms with Gasteiger partial charge < -0.3 is 9.88 Å². The van der Waals surface area contributed by atoms with E-state index in [4.69, 9.17) is 10.2 Å². The van der Waals surface area contributed by atoms with Gasteiger partial charge in [0.05, 0.1) is 11.0 Å². The molecule has 1 aromatic heterocycles. The summed E-state index contributed by atoms with van der Waals surface area (Å²) >= 11 is 0. The van der Waals surface area contributed by atoms with Crippen LogP contribution in [0.1, 0.15) is 44.5 Å². The fourth-order valence-corrected chi connectivity index (χ4v) is 2.85. The summed E-state index contributed by atoms with van der Waals surface area (Å²) in [6.07, 6.45) is 7.49. The van der Waals surface area contributed by atoms with Crippen molar-refractivity contribution < 1.29 is 10.0 Å². The number of fused-ring (bicyclic) bond motifs is 1. The molecule has 6 heteroatoms. The van der Waals surface area contributed by atoms with Crippen molar-refractivity contribution in [2.24, 2.45) is 0 Å². The molecule has 1 heterocycles. The van der Waals surface area contributed by atoms with Crippen LogP contribution in [0.15, 0.2) is 24.3 Å². The van der Waals surface area contributed by atoms with E-state index >= 15 is 0 Å². The number of hydrogen-bond acceptors (Lipinski definition) is 4. The third-order valence-electron chi connectivity index (χ3n) is 4.15. The van der Waals surface area contributed by atoms with E-state index in [1.165, 1.54) is 18.9 Å². The first-order valence-corrected chi connectivity index (χ1v) is 9.01. The summed E-state index contributed by atoms with van der Waals surface area (Å²) in [7, 11) is 0. The van der Waals surface area contributed by atoms with Crippen molar-refractivity contribution in [2.45, 2.75) is 46.1 Å². The van der Waals surface area contributed by atoms with Gasteiger partial charge in [-0.15, -0.1) is 0 Å². The maximum atomic E-state index is 11.1. The monoisotopic (exact) mass is 344 g/mol. The third kappa shape index (κ3) is 5.41. The highest BCUT2D eigenvalue weighted by Gasteiger charge is 2.10. The summed E-state index contributed by atoms with van der Waals surface area (Å²) in [6, 6.07) is 5.99. The predicted molar refractivity (Wildman–Crippen MR) is 100 cm³/mol. The van der Waals surface area contributed by atoms with Crippen LogP contribution >= 0.6 is 0 Å². The van der Waals surface area contributed by atoms with E-state index in [0.29, 0.717) is 0 Å². The highest BCUT2D eigenvalue weighted by molar-refractivity contribution is 5.91. The molecule has 3 N–H and O–H groups in total. The normalized spacial score (nSPS) is 11.5. The number of unbranched alkanes of at least 4 members (excludes halogenated alkanes) is 2. The van der Waals surface area contributed by atoms with E-state index < -0.39 is 5.91 Å². The smallest absolute Gasteiger partial charge is 0.267 e. The van der Waals surface area contributed by atoms with E-state index in [-0.39, 0.29) is 0 Å². The maximum absolute atomic E-state index is 11.1. The van der Waals surface area contributed by atoms with Crippen LogP contribution < -0.4 is 10.8 Å². The molecule has 0 aliphatic carbocycles. The quantitative estimate of drug-likeness (QED) is 0.268. The van der Waals surface area contributed by atoms with Crippen molar-refractivity contribution in [1.29, 1.82) is 0 Å². The van der Waals surface area contributed by atoms with Crippen molar-refractivity contribution in [3.8, 4) is 0 Å². The highest BCUT2D eigenvalue weighted by Crippen LogP contribution is 2.20. The molecule has 1 aromatic carbocycles. The van der Waals surface area contributed by atoms with Gasteiger partial charge in [0.2, 0.25) is 0 Å². The summed E-state index contributed by atoms with van der Waals surface area (Å²) in [4.78, 5) is 15.9. The predicted octanol–water partition coefficient (Wildman–Crippen LogP) is 2.90. The number of aromatic nitrogens is 2. The second kappa shape index (κ2) is 9.96. The molecular weight excluding hydrogens is 316 g/mol. The topological polar surface area (TPSA) is 79.2 Å². The summed E-state index contributed by atoms with van der Waals surface area (Å²) in [5.41, 5.74) is 4.53. The molecule has 0 aliphatic heterocycles. The van der Waals surface area contributed by atoms with Gasteiger partial charge >= 0.3 is 0 Å². The number of aryl methyl sites for hydroxylation is 1. The minimum atomic E-state index is -0.545. The maximum Gasteiger partial charge on any atom is 0.267 e. The van der Waals surface area contributed by atoms with Crippen LogP contribution in [-0.2, 0) is 17.8 Å². The number of rotatable bonds is 10. The summed E-state index contributed by atoms with van der Waals surface area (Å²) < 4.78 is 2.29. The van der Waals surface area contributed by atoms with Crippen LogP contribution in [0.3, 0.4) is 0 Å². The Morgan fingerprint density at radius 3 is 2.88 bits per heavy atom. The van der Waals surface area contributed by atoms with Gasteiger partial charge in [-0.25, -0.2) is 10.5 Å². The summed E-state index contributed by atoms with van der Waals surface area (Å²) in [5, 5.41) is 11.9. The molecule has 0 fully saturated rings. The number of hydroxylamine groups is 1. The van der Waals surface area contributed by atoms with Gasteiger partial charge in [-0.3, -0.25) is 10.0 Å². The number of amides is 1. The second-order valence-corrected chi connectivity index (χ2v) is 6.05. The van der Waals surface area contributed by atoms with E-state index in [2.05, 4.69) is 23.7 Å². The average Bonchev–Trinajstić information content (AvgIpc) is 2.97. The molecule has 2 rings (SSSR count). The van der Waals surface area contributed by atoms with Crippen molar-refractivity contribution in [2.75, 3.05) is 13.1 Å². The standard InChI is InChI=1S/C19H28N4O2/c1-3-5-6-7-18-21-16-14-15(9-11-19(24)22-25)8-10-17(16)23(18)13-12-20-4-2/h8-11,14,20,25H,3-7,12-13H2,1-2H3,(H,22,24). The van der Waals surface area contributed by atoms with E-state index in [1.54, 1.807) is 11.6 Å². The minimum Gasteiger partial charge on any atom is -0.327 e. The van der Waals surface area contributed by atoms with E-state index in [9.17, 15) is 4.79 Å². The molecule has 0 spiro atoms. The van der Waals surface area contributed by atoms with Crippen molar-refractivity contribution >= 4 is 23.0 Å². The first-order valence-electron chi connectivity index (χ1n) is 9.01. The van der Waals surface area contributed by atoms with E-state index in [0.717, 1.165) is 54.9 Å². The SMILES string of the molecule is CCCCCc1nc2cc(C=CC(=O)NO)ccc2n1CCNCC. The molecular formula is C19H28N4O2. The second-order valence-electron chi connectivity index (χ2n) is 6.05. The number of likely N-dealkylation sites (N-methyl/N-ethyl adjacent to an activating group) is 1. The van der Waals surface area contributed by atoms with Gasteiger partial charge in [-0.05, 0) is 36.7 Å². The fraction of sp³-hybridized carbons (Fsp3) is 0.474. The molecule has 6 nitrogen and oxygen atoms in total. The van der Waals surface area contributed by atoms with Crippen LogP contribution in [0.4, 0.5) is 0 Å². The lowest BCUT2D eigenvalue weighted by atomic mass is 10.2. The third-order valence-corrected chi connectivity index (χ3v) is 4.15. The van der Waals surface area contributed by atoms with Crippen LogP contribution in [0.5, 0.6) is 0 Å². The Morgan fingerprint density at radius 2 is 2.16 bits per heavy atom. The van der Waals surface area contributed by atoms with Gasteiger partial charge in [0.25, 0.3) is 5.91 Å². The van der Waals surface area contributed by atoms with Crippen LogP contribution in [0.25, 0.3) is 17.1 Å². The van der Waals surface area contributed by atoms with Gasteiger partial charge in [0, 0.05) is 25.6 Å². The minimum absolute atomic E-state index is 0.545. The molecule has 0 radical (unpaired) electrons. The summed E-state index contributed by atoms with van der Waals surface area (Å²) in [6.45, 7) is 7.08. The Balaban J connectivity index is 2.28. The zero-order chi connectivity index (χ0) is 18.1. The van der Waals surface area contributed by atoms with Gasteiger partial charge in [0.15, 0.2) is 0 Å². The lowest BCUT2D eigenvalue weighted by Gasteiger charge is -2.09. The Kier molecular flexibility index (Phi) is 7.63. The van der Waals surface area contributed by atoms with Gasteiger partial charge in [0.1, 0.15) is 5.82 Å². The van der Waals surface area contributed by atoms with Gasteiger partial charge in [-0.1, -0.05) is 32.8 Å². The van der Waals surface area contributed by atoms with Crippen molar-refractivity contribution in [3.05, 3.63) is 35.7 Å². The van der Waals surface area contributed by atoms with E-state index in [1.807, 2.05) is 18.2 Å². The number of carbonyl (C=O) groups excluding carboxylic acids is 1. The number of imidazole rings is 1. The molecule has 1 amide bonds. The Morgan fingerprint density at radius 1 is 1.32 bits per heavy atom. The Bertz CT molecular complexity index is 722.